The average molecular weight is 516 g/mol. The van der Waals surface area contributed by atoms with E-state index in [-0.39, 0.29) is 18.8 Å². The first-order valence-corrected chi connectivity index (χ1v) is 11.7. The zero-order valence-electron chi connectivity index (χ0n) is 20.6. The average Bonchev–Trinajstić information content (AvgIpc) is 3.35. The van der Waals surface area contributed by atoms with Crippen molar-refractivity contribution < 1.29 is 29.1 Å². The van der Waals surface area contributed by atoms with Crippen molar-refractivity contribution in [2.24, 2.45) is 17.4 Å². The summed E-state index contributed by atoms with van der Waals surface area (Å²) in [6, 6.07) is 4.14. The number of hydrogen-bond donors (Lipinski definition) is 7. The van der Waals surface area contributed by atoms with E-state index in [1.165, 1.54) is 12.5 Å². The molecule has 0 fully saturated rings. The monoisotopic (exact) mass is 515 g/mol. The summed E-state index contributed by atoms with van der Waals surface area (Å²) >= 11 is 0. The predicted molar refractivity (Wildman–Crippen MR) is 132 cm³/mol. The number of rotatable bonds is 14. The van der Waals surface area contributed by atoms with Gasteiger partial charge in [-0.05, 0) is 11.5 Å². The van der Waals surface area contributed by atoms with Gasteiger partial charge in [0.1, 0.15) is 18.1 Å². The van der Waals surface area contributed by atoms with Crippen molar-refractivity contribution in [2.45, 2.75) is 57.3 Å². The molecule has 0 aliphatic heterocycles. The molecule has 0 radical (unpaired) electrons. The first-order chi connectivity index (χ1) is 17.5. The Morgan fingerprint density at radius 2 is 1.49 bits per heavy atom. The number of amides is 4. The van der Waals surface area contributed by atoms with E-state index in [4.69, 9.17) is 11.5 Å². The van der Waals surface area contributed by atoms with Gasteiger partial charge in [0.05, 0.1) is 18.8 Å². The lowest BCUT2D eigenvalue weighted by Crippen LogP contribution is -2.58. The van der Waals surface area contributed by atoms with Gasteiger partial charge in [-0.15, -0.1) is 0 Å². The summed E-state index contributed by atoms with van der Waals surface area (Å²) < 4.78 is 0. The summed E-state index contributed by atoms with van der Waals surface area (Å²) in [6.45, 7) is 3.54. The van der Waals surface area contributed by atoms with Gasteiger partial charge in [0.15, 0.2) is 0 Å². The van der Waals surface area contributed by atoms with E-state index >= 15 is 0 Å². The fraction of sp³-hybridized carbons (Fsp3) is 0.417. The zero-order chi connectivity index (χ0) is 27.5. The lowest BCUT2D eigenvalue weighted by Gasteiger charge is -2.25. The number of benzene rings is 1. The minimum Gasteiger partial charge on any atom is -0.480 e. The van der Waals surface area contributed by atoms with E-state index in [2.05, 4.69) is 25.9 Å². The topological polar surface area (TPSA) is 222 Å². The second-order valence-corrected chi connectivity index (χ2v) is 8.93. The highest BCUT2D eigenvalue weighted by Crippen LogP contribution is 2.08. The molecule has 1 aromatic heterocycles. The SMILES string of the molecule is CC(C)C(N)C(=O)NC(Cc1ccccc1)C(=O)NC(Cc1cnc[nH]1)C(=O)NC(CC(N)=O)C(=O)O. The van der Waals surface area contributed by atoms with Crippen LogP contribution in [0.3, 0.4) is 0 Å². The predicted octanol–water partition coefficient (Wildman–Crippen LogP) is -1.41. The van der Waals surface area contributed by atoms with Crippen molar-refractivity contribution >= 4 is 29.6 Å². The van der Waals surface area contributed by atoms with E-state index < -0.39 is 60.2 Å². The minimum atomic E-state index is -1.59. The van der Waals surface area contributed by atoms with Gasteiger partial charge in [0.25, 0.3) is 0 Å². The molecule has 4 unspecified atom stereocenters. The minimum absolute atomic E-state index is 0.0714. The molecule has 9 N–H and O–H groups in total. The Hall–Kier alpha value is -4.26. The fourth-order valence-electron chi connectivity index (χ4n) is 3.40. The van der Waals surface area contributed by atoms with Crippen molar-refractivity contribution in [3.63, 3.8) is 0 Å². The van der Waals surface area contributed by atoms with E-state index in [9.17, 15) is 29.1 Å². The molecule has 13 heteroatoms. The molecule has 0 aliphatic carbocycles. The van der Waals surface area contributed by atoms with Crippen LogP contribution in [0.15, 0.2) is 42.9 Å². The normalized spacial score (nSPS) is 14.2. The van der Waals surface area contributed by atoms with Crippen LogP contribution in [0.5, 0.6) is 0 Å². The van der Waals surface area contributed by atoms with Gasteiger partial charge in [-0.2, -0.15) is 0 Å². The molecule has 4 amide bonds. The molecule has 1 heterocycles. The number of primary amides is 1. The molecule has 1 aromatic carbocycles. The first-order valence-electron chi connectivity index (χ1n) is 11.7. The molecule has 0 bridgehead atoms. The third-order valence-corrected chi connectivity index (χ3v) is 5.57. The Morgan fingerprint density at radius 3 is 2.00 bits per heavy atom. The van der Waals surface area contributed by atoms with E-state index in [0.29, 0.717) is 5.69 Å². The fourth-order valence-corrected chi connectivity index (χ4v) is 3.40. The molecular formula is C24H33N7O6. The third-order valence-electron chi connectivity index (χ3n) is 5.57. The lowest BCUT2D eigenvalue weighted by molar-refractivity contribution is -0.143. The summed E-state index contributed by atoms with van der Waals surface area (Å²) in [6.07, 6.45) is 2.23. The van der Waals surface area contributed by atoms with Crippen molar-refractivity contribution in [1.82, 2.24) is 25.9 Å². The molecule has 13 nitrogen and oxygen atoms in total. The molecular weight excluding hydrogens is 482 g/mol. The van der Waals surface area contributed by atoms with Gasteiger partial charge in [-0.25, -0.2) is 9.78 Å². The number of nitrogens with one attached hydrogen (secondary N) is 4. The second kappa shape index (κ2) is 13.7. The lowest BCUT2D eigenvalue weighted by atomic mass is 10.0. The van der Waals surface area contributed by atoms with Crippen LogP contribution >= 0.6 is 0 Å². The summed E-state index contributed by atoms with van der Waals surface area (Å²) in [5, 5.41) is 16.8. The number of carbonyl (C=O) groups excluding carboxylic acids is 4. The van der Waals surface area contributed by atoms with E-state index in [0.717, 1.165) is 5.56 Å². The number of imidazole rings is 1. The molecule has 0 spiro atoms. The molecule has 0 aliphatic rings. The number of nitrogens with two attached hydrogens (primary N) is 2. The van der Waals surface area contributed by atoms with Crippen LogP contribution in [0.4, 0.5) is 0 Å². The van der Waals surface area contributed by atoms with Gasteiger partial charge in [-0.3, -0.25) is 19.2 Å². The van der Waals surface area contributed by atoms with Crippen LogP contribution < -0.4 is 27.4 Å². The molecule has 37 heavy (non-hydrogen) atoms. The molecule has 2 aromatic rings. The summed E-state index contributed by atoms with van der Waals surface area (Å²) in [4.78, 5) is 68.5. The summed E-state index contributed by atoms with van der Waals surface area (Å²) in [7, 11) is 0. The summed E-state index contributed by atoms with van der Waals surface area (Å²) in [5.74, 6) is -4.65. The first kappa shape index (κ1) is 29.0. The quantitative estimate of drug-likeness (QED) is 0.158. The Kier molecular flexibility index (Phi) is 10.8. The Bertz CT molecular complexity index is 1070. The number of aliphatic carboxylic acids is 1. The Morgan fingerprint density at radius 1 is 0.919 bits per heavy atom. The van der Waals surface area contributed by atoms with E-state index in [1.807, 2.05) is 6.07 Å². The number of aromatic amines is 1. The van der Waals surface area contributed by atoms with Gasteiger partial charge >= 0.3 is 5.97 Å². The second-order valence-electron chi connectivity index (χ2n) is 8.93. The van der Waals surface area contributed by atoms with E-state index in [1.54, 1.807) is 38.1 Å². The number of aromatic nitrogens is 2. The maximum Gasteiger partial charge on any atom is 0.326 e. The number of H-pyrrole nitrogens is 1. The molecule has 2 rings (SSSR count). The number of carbonyl (C=O) groups is 5. The van der Waals surface area contributed by atoms with Gasteiger partial charge in [0.2, 0.25) is 23.6 Å². The van der Waals surface area contributed by atoms with Gasteiger partial charge < -0.3 is 37.5 Å². The highest BCUT2D eigenvalue weighted by molar-refractivity contribution is 5.95. The van der Waals surface area contributed by atoms with Crippen molar-refractivity contribution in [3.05, 3.63) is 54.1 Å². The highest BCUT2D eigenvalue weighted by atomic mass is 16.4. The zero-order valence-corrected chi connectivity index (χ0v) is 20.6. The van der Waals surface area contributed by atoms with Crippen LogP contribution in [0, 0.1) is 5.92 Å². The van der Waals surface area contributed by atoms with Crippen LogP contribution in [0.2, 0.25) is 0 Å². The summed E-state index contributed by atoms with van der Waals surface area (Å²) in [5.41, 5.74) is 12.3. The maximum atomic E-state index is 13.4. The number of hydrogen-bond acceptors (Lipinski definition) is 7. The standard InChI is InChI=1S/C24H33N7O6/c1-13(2)20(26)23(35)30-16(8-14-6-4-3-5-7-14)21(33)29-17(9-15-11-27-12-28-15)22(34)31-18(24(36)37)10-19(25)32/h3-7,11-13,16-18,20H,8-10,26H2,1-2H3,(H2,25,32)(H,27,28)(H,29,33)(H,30,35)(H,31,34)(H,36,37). The molecule has 4 atom stereocenters. The maximum absolute atomic E-state index is 13.4. The van der Waals surface area contributed by atoms with Crippen molar-refractivity contribution in [3.8, 4) is 0 Å². The molecule has 0 saturated heterocycles. The van der Waals surface area contributed by atoms with Crippen LogP contribution in [-0.2, 0) is 36.8 Å². The Balaban J connectivity index is 2.28. The van der Waals surface area contributed by atoms with Crippen molar-refractivity contribution in [1.29, 1.82) is 0 Å². The van der Waals surface area contributed by atoms with Crippen LogP contribution in [0.25, 0.3) is 0 Å². The number of nitrogens with zero attached hydrogens (tertiary/aromatic N) is 1. The smallest absolute Gasteiger partial charge is 0.326 e. The highest BCUT2D eigenvalue weighted by Gasteiger charge is 2.31. The van der Waals surface area contributed by atoms with Crippen molar-refractivity contribution in [2.75, 3.05) is 0 Å². The molecule has 0 saturated carbocycles. The molecule has 200 valence electrons. The number of carboxylic acids is 1. The number of carboxylic acid groups (broad SMARTS) is 1. The van der Waals surface area contributed by atoms with Gasteiger partial charge in [0, 0.05) is 24.7 Å². The van der Waals surface area contributed by atoms with Gasteiger partial charge in [-0.1, -0.05) is 44.2 Å². The Labute approximate surface area is 213 Å². The van der Waals surface area contributed by atoms with Crippen LogP contribution in [0.1, 0.15) is 31.5 Å². The third kappa shape index (κ3) is 9.37. The largest absolute Gasteiger partial charge is 0.480 e. The van der Waals surface area contributed by atoms with Crippen LogP contribution in [-0.4, -0.2) is 68.8 Å².